The van der Waals surface area contributed by atoms with Crippen LogP contribution in [0.5, 0.6) is 11.5 Å². The van der Waals surface area contributed by atoms with Gasteiger partial charge in [0.15, 0.2) is 0 Å². The standard InChI is InChI=1S/C16H17Cl2NO/c1-10-7-14(18)8-11(2)16(10)20-15-4-3-13(17)9-12(15)5-6-19/h3-4,7-9H,5-6,19H2,1-2H3. The molecule has 0 bridgehead atoms. The summed E-state index contributed by atoms with van der Waals surface area (Å²) in [5.74, 6) is 1.61. The lowest BCUT2D eigenvalue weighted by atomic mass is 10.1. The summed E-state index contributed by atoms with van der Waals surface area (Å²) >= 11 is 12.1. The van der Waals surface area contributed by atoms with Gasteiger partial charge in [-0.15, -0.1) is 0 Å². The summed E-state index contributed by atoms with van der Waals surface area (Å²) in [6, 6.07) is 9.37. The Labute approximate surface area is 129 Å². The molecule has 2 aromatic rings. The first-order chi connectivity index (χ1) is 9.51. The minimum Gasteiger partial charge on any atom is -0.457 e. The maximum absolute atomic E-state index is 6.06. The molecule has 0 amide bonds. The first-order valence-corrected chi connectivity index (χ1v) is 7.20. The Morgan fingerprint density at radius 2 is 1.65 bits per heavy atom. The molecular formula is C16H17Cl2NO. The smallest absolute Gasteiger partial charge is 0.133 e. The van der Waals surface area contributed by atoms with E-state index in [1.165, 1.54) is 0 Å². The van der Waals surface area contributed by atoms with Gasteiger partial charge in [-0.05, 0) is 73.8 Å². The fourth-order valence-corrected chi connectivity index (χ4v) is 2.69. The second kappa shape index (κ2) is 6.49. The van der Waals surface area contributed by atoms with Gasteiger partial charge in [-0.3, -0.25) is 0 Å². The maximum atomic E-state index is 6.06. The molecule has 0 atom stereocenters. The number of hydrogen-bond acceptors (Lipinski definition) is 2. The molecule has 0 spiro atoms. The Morgan fingerprint density at radius 1 is 1.00 bits per heavy atom. The molecule has 0 aromatic heterocycles. The van der Waals surface area contributed by atoms with Gasteiger partial charge in [-0.1, -0.05) is 23.2 Å². The number of rotatable bonds is 4. The van der Waals surface area contributed by atoms with E-state index in [9.17, 15) is 0 Å². The molecule has 0 saturated carbocycles. The zero-order valence-electron chi connectivity index (χ0n) is 11.5. The molecule has 0 radical (unpaired) electrons. The lowest BCUT2D eigenvalue weighted by Gasteiger charge is -2.15. The number of hydrogen-bond donors (Lipinski definition) is 1. The van der Waals surface area contributed by atoms with Gasteiger partial charge in [0.05, 0.1) is 0 Å². The van der Waals surface area contributed by atoms with Crippen molar-refractivity contribution in [3.05, 3.63) is 57.1 Å². The number of nitrogens with two attached hydrogens (primary N) is 1. The number of benzene rings is 2. The van der Waals surface area contributed by atoms with Crippen molar-refractivity contribution in [2.45, 2.75) is 20.3 Å². The van der Waals surface area contributed by atoms with Gasteiger partial charge in [0.2, 0.25) is 0 Å². The van der Waals surface area contributed by atoms with Crippen LogP contribution in [0, 0.1) is 13.8 Å². The summed E-state index contributed by atoms with van der Waals surface area (Å²) < 4.78 is 6.06. The summed E-state index contributed by atoms with van der Waals surface area (Å²) in [4.78, 5) is 0. The molecular weight excluding hydrogens is 293 g/mol. The molecule has 0 saturated heterocycles. The monoisotopic (exact) mass is 309 g/mol. The molecule has 2 aromatic carbocycles. The number of aryl methyl sites for hydroxylation is 2. The van der Waals surface area contributed by atoms with Crippen LogP contribution in [-0.4, -0.2) is 6.54 Å². The normalized spacial score (nSPS) is 10.7. The van der Waals surface area contributed by atoms with Gasteiger partial charge >= 0.3 is 0 Å². The second-order valence-electron chi connectivity index (χ2n) is 4.76. The van der Waals surface area contributed by atoms with Crippen molar-refractivity contribution in [1.29, 1.82) is 0 Å². The van der Waals surface area contributed by atoms with Gasteiger partial charge in [-0.2, -0.15) is 0 Å². The van der Waals surface area contributed by atoms with E-state index >= 15 is 0 Å². The maximum Gasteiger partial charge on any atom is 0.133 e. The third-order valence-electron chi connectivity index (χ3n) is 3.07. The van der Waals surface area contributed by atoms with Crippen molar-refractivity contribution in [1.82, 2.24) is 0 Å². The Hall–Kier alpha value is -1.22. The minimum atomic E-state index is 0.551. The van der Waals surface area contributed by atoms with Crippen LogP contribution >= 0.6 is 23.2 Å². The molecule has 0 aliphatic carbocycles. The van der Waals surface area contributed by atoms with Crippen LogP contribution in [0.25, 0.3) is 0 Å². The molecule has 106 valence electrons. The Kier molecular flexibility index (Phi) is 4.92. The predicted octanol–water partition coefficient (Wildman–Crippen LogP) is 4.90. The second-order valence-corrected chi connectivity index (χ2v) is 5.63. The molecule has 2 N–H and O–H groups in total. The van der Waals surface area contributed by atoms with Crippen LogP contribution in [0.3, 0.4) is 0 Å². The molecule has 0 fully saturated rings. The zero-order chi connectivity index (χ0) is 14.7. The molecule has 2 rings (SSSR count). The van der Waals surface area contributed by atoms with Crippen LogP contribution in [0.2, 0.25) is 10.0 Å². The molecule has 20 heavy (non-hydrogen) atoms. The van der Waals surface area contributed by atoms with Crippen molar-refractivity contribution < 1.29 is 4.74 Å². The van der Waals surface area contributed by atoms with Crippen LogP contribution in [0.4, 0.5) is 0 Å². The Morgan fingerprint density at radius 3 is 2.25 bits per heavy atom. The molecule has 0 unspecified atom stereocenters. The van der Waals surface area contributed by atoms with Crippen LogP contribution < -0.4 is 10.5 Å². The highest BCUT2D eigenvalue weighted by molar-refractivity contribution is 6.31. The summed E-state index contributed by atoms with van der Waals surface area (Å²) in [5.41, 5.74) is 8.65. The SMILES string of the molecule is Cc1cc(Cl)cc(C)c1Oc1ccc(Cl)cc1CCN. The number of halogens is 2. The molecule has 2 nitrogen and oxygen atoms in total. The fourth-order valence-electron chi connectivity index (χ4n) is 2.17. The van der Waals surface area contributed by atoms with E-state index in [1.54, 1.807) is 0 Å². The van der Waals surface area contributed by atoms with E-state index in [1.807, 2.05) is 44.2 Å². The van der Waals surface area contributed by atoms with Gasteiger partial charge in [0.1, 0.15) is 11.5 Å². The Bertz CT molecular complexity index is 603. The van der Waals surface area contributed by atoms with E-state index in [0.717, 1.165) is 34.6 Å². The van der Waals surface area contributed by atoms with Gasteiger partial charge in [0.25, 0.3) is 0 Å². The predicted molar refractivity (Wildman–Crippen MR) is 85.2 cm³/mol. The van der Waals surface area contributed by atoms with E-state index in [2.05, 4.69) is 0 Å². The van der Waals surface area contributed by atoms with Gasteiger partial charge < -0.3 is 10.5 Å². The average Bonchev–Trinajstić information content (AvgIpc) is 2.36. The fraction of sp³-hybridized carbons (Fsp3) is 0.250. The van der Waals surface area contributed by atoms with Crippen LogP contribution in [-0.2, 0) is 6.42 Å². The van der Waals surface area contributed by atoms with E-state index < -0.39 is 0 Å². The first kappa shape index (κ1) is 15.2. The first-order valence-electron chi connectivity index (χ1n) is 6.44. The van der Waals surface area contributed by atoms with Crippen molar-refractivity contribution in [3.63, 3.8) is 0 Å². The van der Waals surface area contributed by atoms with E-state index in [0.29, 0.717) is 16.6 Å². The molecule has 0 aliphatic rings. The minimum absolute atomic E-state index is 0.551. The van der Waals surface area contributed by atoms with Crippen molar-refractivity contribution in [2.24, 2.45) is 5.73 Å². The lowest BCUT2D eigenvalue weighted by molar-refractivity contribution is 0.469. The van der Waals surface area contributed by atoms with Crippen molar-refractivity contribution >= 4 is 23.2 Å². The summed E-state index contributed by atoms with van der Waals surface area (Å²) in [6.45, 7) is 4.51. The van der Waals surface area contributed by atoms with Gasteiger partial charge in [-0.25, -0.2) is 0 Å². The van der Waals surface area contributed by atoms with E-state index in [4.69, 9.17) is 33.7 Å². The van der Waals surface area contributed by atoms with Gasteiger partial charge in [0, 0.05) is 10.0 Å². The quantitative estimate of drug-likeness (QED) is 0.871. The highest BCUT2D eigenvalue weighted by Crippen LogP contribution is 2.34. The summed E-state index contributed by atoms with van der Waals surface area (Å²) in [5, 5.41) is 1.40. The highest BCUT2D eigenvalue weighted by Gasteiger charge is 2.10. The highest BCUT2D eigenvalue weighted by atomic mass is 35.5. The van der Waals surface area contributed by atoms with Crippen LogP contribution in [0.15, 0.2) is 30.3 Å². The third-order valence-corrected chi connectivity index (χ3v) is 3.53. The van der Waals surface area contributed by atoms with Crippen molar-refractivity contribution in [2.75, 3.05) is 6.54 Å². The van der Waals surface area contributed by atoms with E-state index in [-0.39, 0.29) is 0 Å². The van der Waals surface area contributed by atoms with Crippen LogP contribution in [0.1, 0.15) is 16.7 Å². The molecule has 0 aliphatic heterocycles. The lowest BCUT2D eigenvalue weighted by Crippen LogP contribution is -2.04. The zero-order valence-corrected chi connectivity index (χ0v) is 13.1. The molecule has 0 heterocycles. The topological polar surface area (TPSA) is 35.2 Å². The number of ether oxygens (including phenoxy) is 1. The third kappa shape index (κ3) is 3.45. The molecule has 4 heteroatoms. The Balaban J connectivity index is 2.40. The largest absolute Gasteiger partial charge is 0.457 e. The summed E-state index contributed by atoms with van der Waals surface area (Å²) in [6.07, 6.45) is 0.724. The summed E-state index contributed by atoms with van der Waals surface area (Å²) in [7, 11) is 0. The average molecular weight is 310 g/mol. The van der Waals surface area contributed by atoms with Crippen molar-refractivity contribution in [3.8, 4) is 11.5 Å².